The second-order valence-corrected chi connectivity index (χ2v) is 5.38. The number of nitrogens with zero attached hydrogens (tertiary/aromatic N) is 3. The van der Waals surface area contributed by atoms with Crippen LogP contribution in [0.15, 0.2) is 36.7 Å². The van der Waals surface area contributed by atoms with Crippen LogP contribution in [-0.2, 0) is 0 Å². The Balaban J connectivity index is 2.10. The van der Waals surface area contributed by atoms with Gasteiger partial charge in [0.25, 0.3) is 5.91 Å². The molecule has 0 aliphatic rings. The van der Waals surface area contributed by atoms with Crippen molar-refractivity contribution in [3.63, 3.8) is 0 Å². The molecule has 0 radical (unpaired) electrons. The molecule has 2 aromatic rings. The second-order valence-electron chi connectivity index (χ2n) is 5.38. The van der Waals surface area contributed by atoms with Gasteiger partial charge in [-0.25, -0.2) is 4.68 Å². The van der Waals surface area contributed by atoms with E-state index in [0.29, 0.717) is 11.5 Å². The summed E-state index contributed by atoms with van der Waals surface area (Å²) in [6, 6.07) is 6.89. The molecule has 1 aromatic heterocycles. The largest absolute Gasteiger partial charge is 0.394 e. The number of hydrogen-bond donors (Lipinski definition) is 2. The summed E-state index contributed by atoms with van der Waals surface area (Å²) in [5.41, 5.74) is 1.30. The lowest BCUT2D eigenvalue weighted by atomic mass is 10.0. The number of benzene rings is 1. The van der Waals surface area contributed by atoms with E-state index in [1.54, 1.807) is 35.3 Å². The predicted molar refractivity (Wildman–Crippen MR) is 79.2 cm³/mol. The summed E-state index contributed by atoms with van der Waals surface area (Å²) in [5.74, 6) is 0.209. The normalized spacial score (nSPS) is 12.4. The van der Waals surface area contributed by atoms with Crippen molar-refractivity contribution in [1.29, 1.82) is 0 Å². The van der Waals surface area contributed by atoms with Gasteiger partial charge >= 0.3 is 0 Å². The number of aliphatic hydroxyl groups excluding tert-OH is 1. The van der Waals surface area contributed by atoms with Crippen LogP contribution in [0.1, 0.15) is 30.6 Å². The Morgan fingerprint density at radius 2 is 2.24 bits per heavy atom. The lowest BCUT2D eigenvalue weighted by molar-refractivity contribution is 0.0908. The van der Waals surface area contributed by atoms with Crippen molar-refractivity contribution in [1.82, 2.24) is 20.3 Å². The first kappa shape index (κ1) is 15.2. The van der Waals surface area contributed by atoms with Gasteiger partial charge in [-0.05, 0) is 30.5 Å². The Labute approximate surface area is 123 Å². The van der Waals surface area contributed by atoms with Crippen LogP contribution in [0.25, 0.3) is 5.69 Å². The smallest absolute Gasteiger partial charge is 0.251 e. The third kappa shape index (κ3) is 4.13. The van der Waals surface area contributed by atoms with Crippen molar-refractivity contribution >= 4 is 5.91 Å². The molecule has 2 rings (SSSR count). The zero-order valence-corrected chi connectivity index (χ0v) is 12.2. The minimum absolute atomic E-state index is 0.0628. The third-order valence-corrected chi connectivity index (χ3v) is 3.11. The highest BCUT2D eigenvalue weighted by Gasteiger charge is 2.14. The zero-order chi connectivity index (χ0) is 15.2. The summed E-state index contributed by atoms with van der Waals surface area (Å²) in [6.07, 6.45) is 4.04. The number of hydrogen-bond acceptors (Lipinski definition) is 4. The molecule has 1 amide bonds. The molecule has 1 heterocycles. The molecule has 0 spiro atoms. The van der Waals surface area contributed by atoms with Crippen LogP contribution >= 0.6 is 0 Å². The van der Waals surface area contributed by atoms with Gasteiger partial charge in [0.2, 0.25) is 0 Å². The maximum atomic E-state index is 12.2. The standard InChI is InChI=1S/C15H20N4O2/c1-11(2)8-13(10-20)17-15(21)12-4-3-5-14(9-12)19-7-6-16-18-19/h3-7,9,11,13,20H,8,10H2,1-2H3,(H,17,21)/t13-/m0/s1. The summed E-state index contributed by atoms with van der Waals surface area (Å²) in [5, 5.41) is 19.8. The van der Waals surface area contributed by atoms with E-state index in [1.165, 1.54) is 0 Å². The Morgan fingerprint density at radius 3 is 2.86 bits per heavy atom. The minimum atomic E-state index is -0.229. The van der Waals surface area contributed by atoms with Crippen LogP contribution in [0, 0.1) is 5.92 Å². The predicted octanol–water partition coefficient (Wildman–Crippen LogP) is 1.40. The van der Waals surface area contributed by atoms with Crippen molar-refractivity contribution in [2.75, 3.05) is 6.61 Å². The van der Waals surface area contributed by atoms with E-state index in [4.69, 9.17) is 0 Å². The highest BCUT2D eigenvalue weighted by Crippen LogP contribution is 2.10. The van der Waals surface area contributed by atoms with Gasteiger partial charge in [-0.1, -0.05) is 25.1 Å². The van der Waals surface area contributed by atoms with Crippen molar-refractivity contribution in [2.45, 2.75) is 26.3 Å². The topological polar surface area (TPSA) is 80.0 Å². The van der Waals surface area contributed by atoms with Gasteiger partial charge in [0.05, 0.1) is 30.7 Å². The van der Waals surface area contributed by atoms with Crippen LogP contribution < -0.4 is 5.32 Å². The summed E-state index contributed by atoms with van der Waals surface area (Å²) >= 11 is 0. The Bertz CT molecular complexity index is 581. The van der Waals surface area contributed by atoms with Gasteiger partial charge in [-0.3, -0.25) is 4.79 Å². The molecule has 0 fully saturated rings. The fourth-order valence-corrected chi connectivity index (χ4v) is 2.15. The molecule has 112 valence electrons. The molecule has 0 unspecified atom stereocenters. The van der Waals surface area contributed by atoms with Crippen molar-refractivity contribution in [3.05, 3.63) is 42.2 Å². The SMILES string of the molecule is CC(C)C[C@@H](CO)NC(=O)c1cccc(-n2ccnn2)c1. The maximum Gasteiger partial charge on any atom is 0.251 e. The fraction of sp³-hybridized carbons (Fsp3) is 0.400. The van der Waals surface area contributed by atoms with Gasteiger partial charge < -0.3 is 10.4 Å². The molecule has 0 aliphatic heterocycles. The first-order chi connectivity index (χ1) is 10.1. The lowest BCUT2D eigenvalue weighted by Crippen LogP contribution is -2.38. The summed E-state index contributed by atoms with van der Waals surface area (Å²) in [6.45, 7) is 4.05. The molecule has 0 bridgehead atoms. The van der Waals surface area contributed by atoms with Crippen LogP contribution in [0.4, 0.5) is 0 Å². The van der Waals surface area contributed by atoms with Crippen molar-refractivity contribution in [2.24, 2.45) is 5.92 Å². The Kier molecular flexibility index (Phi) is 5.05. The highest BCUT2D eigenvalue weighted by molar-refractivity contribution is 5.94. The van der Waals surface area contributed by atoms with E-state index in [9.17, 15) is 9.90 Å². The zero-order valence-electron chi connectivity index (χ0n) is 12.2. The number of amides is 1. The van der Waals surface area contributed by atoms with Gasteiger partial charge in [-0.2, -0.15) is 0 Å². The molecule has 1 aromatic carbocycles. The van der Waals surface area contributed by atoms with Gasteiger partial charge in [-0.15, -0.1) is 5.10 Å². The molecule has 0 saturated carbocycles. The quantitative estimate of drug-likeness (QED) is 0.842. The first-order valence-corrected chi connectivity index (χ1v) is 6.98. The number of carbonyl (C=O) groups is 1. The van der Waals surface area contributed by atoms with Crippen molar-refractivity contribution in [3.8, 4) is 5.69 Å². The average Bonchev–Trinajstić information content (AvgIpc) is 3.00. The summed E-state index contributed by atoms with van der Waals surface area (Å²) in [7, 11) is 0. The van der Waals surface area contributed by atoms with E-state index < -0.39 is 0 Å². The van der Waals surface area contributed by atoms with Crippen LogP contribution in [0.2, 0.25) is 0 Å². The Morgan fingerprint density at radius 1 is 1.43 bits per heavy atom. The van der Waals surface area contributed by atoms with Crippen molar-refractivity contribution < 1.29 is 9.90 Å². The van der Waals surface area contributed by atoms with E-state index >= 15 is 0 Å². The molecule has 1 atom stereocenters. The minimum Gasteiger partial charge on any atom is -0.394 e. The molecule has 6 nitrogen and oxygen atoms in total. The molecular weight excluding hydrogens is 268 g/mol. The number of carbonyl (C=O) groups excluding carboxylic acids is 1. The van der Waals surface area contributed by atoms with E-state index in [1.807, 2.05) is 6.07 Å². The Hall–Kier alpha value is -2.21. The van der Waals surface area contributed by atoms with E-state index in [-0.39, 0.29) is 18.6 Å². The number of aliphatic hydroxyl groups is 1. The van der Waals surface area contributed by atoms with Gasteiger partial charge in [0, 0.05) is 5.56 Å². The van der Waals surface area contributed by atoms with E-state index in [2.05, 4.69) is 29.5 Å². The number of aromatic nitrogens is 3. The molecule has 21 heavy (non-hydrogen) atoms. The lowest BCUT2D eigenvalue weighted by Gasteiger charge is -2.18. The first-order valence-electron chi connectivity index (χ1n) is 6.98. The van der Waals surface area contributed by atoms with E-state index in [0.717, 1.165) is 12.1 Å². The van der Waals surface area contributed by atoms with Gasteiger partial charge in [0.1, 0.15) is 0 Å². The monoisotopic (exact) mass is 288 g/mol. The van der Waals surface area contributed by atoms with Crippen LogP contribution in [-0.4, -0.2) is 38.7 Å². The fourth-order valence-electron chi connectivity index (χ4n) is 2.15. The van der Waals surface area contributed by atoms with Crippen LogP contribution in [0.5, 0.6) is 0 Å². The molecule has 0 aliphatic carbocycles. The van der Waals surface area contributed by atoms with Crippen LogP contribution in [0.3, 0.4) is 0 Å². The number of nitrogens with one attached hydrogen (secondary N) is 1. The molecule has 6 heteroatoms. The molecule has 0 saturated heterocycles. The second kappa shape index (κ2) is 6.99. The summed E-state index contributed by atoms with van der Waals surface area (Å²) < 4.78 is 1.59. The summed E-state index contributed by atoms with van der Waals surface area (Å²) in [4.78, 5) is 12.2. The third-order valence-electron chi connectivity index (χ3n) is 3.11. The highest BCUT2D eigenvalue weighted by atomic mass is 16.3. The molecule has 2 N–H and O–H groups in total. The van der Waals surface area contributed by atoms with Gasteiger partial charge in [0.15, 0.2) is 0 Å². The molecular formula is C15H20N4O2. The number of rotatable bonds is 6. The average molecular weight is 288 g/mol. The maximum absolute atomic E-state index is 12.2.